The molecule has 1 aliphatic heterocycles. The lowest BCUT2D eigenvalue weighted by atomic mass is 10.1. The molecule has 94 valence electrons. The normalized spacial score (nSPS) is 19.4. The van der Waals surface area contributed by atoms with Gasteiger partial charge in [-0.15, -0.1) is 0 Å². The highest BCUT2D eigenvalue weighted by Crippen LogP contribution is 2.22. The number of nitrogens with zero attached hydrogens (tertiary/aromatic N) is 2. The van der Waals surface area contributed by atoms with Crippen LogP contribution in [-0.2, 0) is 6.54 Å². The van der Waals surface area contributed by atoms with Crippen LogP contribution in [0.1, 0.15) is 12.1 Å². The SMILES string of the molecule is c1ccc2nc(CNCC3CCSC3)cnc2c1. The first-order valence-electron chi connectivity index (χ1n) is 6.41. The summed E-state index contributed by atoms with van der Waals surface area (Å²) < 4.78 is 0. The molecular formula is C14H17N3S. The Morgan fingerprint density at radius 2 is 2.17 bits per heavy atom. The van der Waals surface area contributed by atoms with Gasteiger partial charge in [0, 0.05) is 6.54 Å². The van der Waals surface area contributed by atoms with Crippen molar-refractivity contribution in [2.24, 2.45) is 5.92 Å². The van der Waals surface area contributed by atoms with Crippen molar-refractivity contribution in [3.8, 4) is 0 Å². The molecule has 0 radical (unpaired) electrons. The van der Waals surface area contributed by atoms with E-state index in [4.69, 9.17) is 0 Å². The third-order valence-electron chi connectivity index (χ3n) is 3.26. The van der Waals surface area contributed by atoms with Gasteiger partial charge >= 0.3 is 0 Å². The predicted molar refractivity (Wildman–Crippen MR) is 76.7 cm³/mol. The standard InChI is InChI=1S/C14H17N3S/c1-2-4-14-13(3-1)16-9-12(17-14)8-15-7-11-5-6-18-10-11/h1-4,9,11,15H,5-8,10H2. The Balaban J connectivity index is 1.60. The Kier molecular flexibility index (Phi) is 3.76. The number of hydrogen-bond donors (Lipinski definition) is 1. The van der Waals surface area contributed by atoms with Crippen molar-refractivity contribution in [3.63, 3.8) is 0 Å². The average Bonchev–Trinajstić information content (AvgIpc) is 2.92. The molecule has 3 rings (SSSR count). The fraction of sp³-hybridized carbons (Fsp3) is 0.429. The van der Waals surface area contributed by atoms with E-state index >= 15 is 0 Å². The van der Waals surface area contributed by atoms with E-state index in [1.807, 2.05) is 30.5 Å². The van der Waals surface area contributed by atoms with Crippen molar-refractivity contribution in [2.45, 2.75) is 13.0 Å². The van der Waals surface area contributed by atoms with Crippen LogP contribution in [0.15, 0.2) is 30.5 Å². The van der Waals surface area contributed by atoms with Crippen LogP contribution in [0.3, 0.4) is 0 Å². The summed E-state index contributed by atoms with van der Waals surface area (Å²) in [6.45, 7) is 1.92. The first-order valence-corrected chi connectivity index (χ1v) is 7.56. The maximum Gasteiger partial charge on any atom is 0.0890 e. The molecule has 0 bridgehead atoms. The minimum Gasteiger partial charge on any atom is -0.311 e. The molecule has 1 atom stereocenters. The first-order chi connectivity index (χ1) is 8.92. The molecule has 0 spiro atoms. The van der Waals surface area contributed by atoms with Gasteiger partial charge in [-0.1, -0.05) is 12.1 Å². The summed E-state index contributed by atoms with van der Waals surface area (Å²) >= 11 is 2.06. The molecule has 0 amide bonds. The van der Waals surface area contributed by atoms with Crippen LogP contribution < -0.4 is 5.32 Å². The maximum absolute atomic E-state index is 4.61. The predicted octanol–water partition coefficient (Wildman–Crippen LogP) is 2.47. The quantitative estimate of drug-likeness (QED) is 0.915. The van der Waals surface area contributed by atoms with Gasteiger partial charge in [0.15, 0.2) is 0 Å². The van der Waals surface area contributed by atoms with Crippen LogP contribution in [0.2, 0.25) is 0 Å². The number of para-hydroxylation sites is 2. The molecular weight excluding hydrogens is 242 g/mol. The molecule has 2 heterocycles. The van der Waals surface area contributed by atoms with E-state index in [0.717, 1.165) is 35.7 Å². The number of thioether (sulfide) groups is 1. The number of fused-ring (bicyclic) bond motifs is 1. The van der Waals surface area contributed by atoms with Gasteiger partial charge < -0.3 is 5.32 Å². The van der Waals surface area contributed by atoms with Gasteiger partial charge in [-0.2, -0.15) is 11.8 Å². The van der Waals surface area contributed by atoms with Crippen LogP contribution in [0.25, 0.3) is 11.0 Å². The van der Waals surface area contributed by atoms with Gasteiger partial charge in [-0.25, -0.2) is 4.98 Å². The van der Waals surface area contributed by atoms with E-state index in [-0.39, 0.29) is 0 Å². The number of benzene rings is 1. The molecule has 1 fully saturated rings. The Hall–Kier alpha value is -1.13. The lowest BCUT2D eigenvalue weighted by Crippen LogP contribution is -2.22. The third-order valence-corrected chi connectivity index (χ3v) is 4.49. The largest absolute Gasteiger partial charge is 0.311 e. The maximum atomic E-state index is 4.61. The molecule has 1 aromatic heterocycles. The van der Waals surface area contributed by atoms with Crippen molar-refractivity contribution >= 4 is 22.8 Å². The second-order valence-corrected chi connectivity index (χ2v) is 5.86. The van der Waals surface area contributed by atoms with Crippen molar-refractivity contribution in [3.05, 3.63) is 36.2 Å². The van der Waals surface area contributed by atoms with Crippen LogP contribution in [-0.4, -0.2) is 28.0 Å². The van der Waals surface area contributed by atoms with Crippen molar-refractivity contribution in [2.75, 3.05) is 18.1 Å². The lowest BCUT2D eigenvalue weighted by Gasteiger charge is -2.09. The molecule has 3 nitrogen and oxygen atoms in total. The van der Waals surface area contributed by atoms with Crippen molar-refractivity contribution < 1.29 is 0 Å². The molecule has 1 aliphatic rings. The summed E-state index contributed by atoms with van der Waals surface area (Å²) in [5.74, 6) is 3.46. The minimum atomic E-state index is 0.818. The average molecular weight is 259 g/mol. The Bertz CT molecular complexity index is 523. The summed E-state index contributed by atoms with van der Waals surface area (Å²) in [4.78, 5) is 9.03. The van der Waals surface area contributed by atoms with Gasteiger partial charge in [0.05, 0.1) is 22.9 Å². The number of hydrogen-bond acceptors (Lipinski definition) is 4. The molecule has 0 saturated carbocycles. The molecule has 2 aromatic rings. The highest BCUT2D eigenvalue weighted by Gasteiger charge is 2.14. The summed E-state index contributed by atoms with van der Waals surface area (Å²) in [5, 5.41) is 3.49. The van der Waals surface area contributed by atoms with E-state index in [0.29, 0.717) is 0 Å². The fourth-order valence-electron chi connectivity index (χ4n) is 2.23. The van der Waals surface area contributed by atoms with Gasteiger partial charge in [0.2, 0.25) is 0 Å². The Morgan fingerprint density at radius 1 is 1.28 bits per heavy atom. The Labute approximate surface area is 111 Å². The lowest BCUT2D eigenvalue weighted by molar-refractivity contribution is 0.520. The highest BCUT2D eigenvalue weighted by molar-refractivity contribution is 7.99. The van der Waals surface area contributed by atoms with E-state index in [2.05, 4.69) is 27.0 Å². The van der Waals surface area contributed by atoms with E-state index in [9.17, 15) is 0 Å². The molecule has 1 N–H and O–H groups in total. The zero-order valence-electron chi connectivity index (χ0n) is 10.3. The van der Waals surface area contributed by atoms with Crippen LogP contribution >= 0.6 is 11.8 Å². The van der Waals surface area contributed by atoms with Crippen molar-refractivity contribution in [1.82, 2.24) is 15.3 Å². The van der Waals surface area contributed by atoms with Crippen LogP contribution in [0.4, 0.5) is 0 Å². The van der Waals surface area contributed by atoms with Gasteiger partial charge in [-0.3, -0.25) is 4.98 Å². The van der Waals surface area contributed by atoms with E-state index in [1.165, 1.54) is 17.9 Å². The minimum absolute atomic E-state index is 0.818. The van der Waals surface area contributed by atoms with Gasteiger partial charge in [0.25, 0.3) is 0 Å². The van der Waals surface area contributed by atoms with E-state index < -0.39 is 0 Å². The van der Waals surface area contributed by atoms with Gasteiger partial charge in [0.1, 0.15) is 0 Å². The summed E-state index contributed by atoms with van der Waals surface area (Å²) in [6.07, 6.45) is 3.22. The fourth-order valence-corrected chi connectivity index (χ4v) is 3.51. The highest BCUT2D eigenvalue weighted by atomic mass is 32.2. The van der Waals surface area contributed by atoms with E-state index in [1.54, 1.807) is 0 Å². The number of rotatable bonds is 4. The smallest absolute Gasteiger partial charge is 0.0890 e. The number of nitrogens with one attached hydrogen (secondary N) is 1. The second kappa shape index (κ2) is 5.67. The molecule has 1 aromatic carbocycles. The van der Waals surface area contributed by atoms with Crippen molar-refractivity contribution in [1.29, 1.82) is 0 Å². The first kappa shape index (κ1) is 11.9. The molecule has 1 saturated heterocycles. The molecule has 18 heavy (non-hydrogen) atoms. The zero-order valence-corrected chi connectivity index (χ0v) is 11.1. The molecule has 4 heteroatoms. The second-order valence-electron chi connectivity index (χ2n) is 4.71. The summed E-state index contributed by atoms with van der Waals surface area (Å²) in [7, 11) is 0. The van der Waals surface area contributed by atoms with Gasteiger partial charge in [-0.05, 0) is 42.5 Å². The van der Waals surface area contributed by atoms with Crippen LogP contribution in [0, 0.1) is 5.92 Å². The third kappa shape index (κ3) is 2.82. The molecule has 0 aliphatic carbocycles. The summed E-state index contributed by atoms with van der Waals surface area (Å²) in [6, 6.07) is 8.01. The monoisotopic (exact) mass is 259 g/mol. The zero-order chi connectivity index (χ0) is 12.2. The van der Waals surface area contributed by atoms with Crippen LogP contribution in [0.5, 0.6) is 0 Å². The number of aromatic nitrogens is 2. The topological polar surface area (TPSA) is 37.8 Å². The Morgan fingerprint density at radius 3 is 3.00 bits per heavy atom. The molecule has 1 unspecified atom stereocenters. The summed E-state index contributed by atoms with van der Waals surface area (Å²) in [5.41, 5.74) is 2.97.